The number of carbonyl (C=O) groups excluding carboxylic acids is 2. The zero-order chi connectivity index (χ0) is 20.1. The maximum absolute atomic E-state index is 12.8. The minimum atomic E-state index is -0.683. The Kier molecular flexibility index (Phi) is 6.58. The quantitative estimate of drug-likeness (QED) is 0.565. The first-order chi connectivity index (χ1) is 13.6. The number of amides is 1. The van der Waals surface area contributed by atoms with E-state index >= 15 is 0 Å². The van der Waals surface area contributed by atoms with Crippen LogP contribution < -0.4 is 10.1 Å². The van der Waals surface area contributed by atoms with Crippen molar-refractivity contribution >= 4 is 39.9 Å². The van der Waals surface area contributed by atoms with E-state index in [0.29, 0.717) is 28.5 Å². The number of benzene rings is 1. The molecule has 3 aromatic rings. The summed E-state index contributed by atoms with van der Waals surface area (Å²) in [4.78, 5) is 30.0. The number of imidazole rings is 1. The van der Waals surface area contributed by atoms with Gasteiger partial charge in [0.05, 0.1) is 19.9 Å². The molecule has 0 saturated carbocycles. The lowest BCUT2D eigenvalue weighted by Gasteiger charge is -2.15. The molecule has 0 aliphatic rings. The van der Waals surface area contributed by atoms with Gasteiger partial charge in [-0.15, -0.1) is 11.3 Å². The molecule has 1 atom stereocenters. The van der Waals surface area contributed by atoms with Gasteiger partial charge in [0, 0.05) is 17.1 Å². The molecule has 1 N–H and O–H groups in total. The van der Waals surface area contributed by atoms with Crippen LogP contribution in [0, 0.1) is 0 Å². The summed E-state index contributed by atoms with van der Waals surface area (Å²) in [5.41, 5.74) is 1.98. The number of thioether (sulfide) groups is 1. The molecule has 1 aromatic carbocycles. The number of hydrogen-bond acceptors (Lipinski definition) is 7. The van der Waals surface area contributed by atoms with Gasteiger partial charge in [-0.2, -0.15) is 11.8 Å². The second-order valence-electron chi connectivity index (χ2n) is 5.93. The van der Waals surface area contributed by atoms with Crippen molar-refractivity contribution in [2.24, 2.45) is 0 Å². The van der Waals surface area contributed by atoms with Gasteiger partial charge in [-0.05, 0) is 30.6 Å². The largest absolute Gasteiger partial charge is 0.496 e. The second kappa shape index (κ2) is 9.11. The Morgan fingerprint density at radius 3 is 2.82 bits per heavy atom. The molecule has 2 aromatic heterocycles. The molecule has 0 fully saturated rings. The van der Waals surface area contributed by atoms with E-state index in [1.807, 2.05) is 30.5 Å². The van der Waals surface area contributed by atoms with Crippen LogP contribution in [0.15, 0.2) is 35.8 Å². The highest BCUT2D eigenvalue weighted by molar-refractivity contribution is 7.98. The molecule has 28 heavy (non-hydrogen) atoms. The van der Waals surface area contributed by atoms with E-state index in [4.69, 9.17) is 9.47 Å². The minimum absolute atomic E-state index is 0.341. The highest BCUT2D eigenvalue weighted by Gasteiger charge is 2.24. The Hall–Kier alpha value is -2.52. The molecule has 0 radical (unpaired) electrons. The number of nitrogens with zero attached hydrogens (tertiary/aromatic N) is 2. The number of hydrogen-bond donors (Lipinski definition) is 1. The predicted octanol–water partition coefficient (Wildman–Crippen LogP) is 3.10. The molecule has 1 amide bonds. The van der Waals surface area contributed by atoms with Gasteiger partial charge in [0.1, 0.15) is 17.5 Å². The zero-order valence-corrected chi connectivity index (χ0v) is 17.4. The van der Waals surface area contributed by atoms with Crippen molar-refractivity contribution in [2.45, 2.75) is 12.5 Å². The number of fused-ring (bicyclic) bond motifs is 1. The average molecular weight is 420 g/mol. The standard InChI is InChI=1S/C19H21N3O4S2/c1-25-16-7-5-4-6-12(16)14-10-22-15(11-28-19(22)21-14)17(23)20-13(8-9-27-3)18(24)26-2/h4-7,10-11,13H,8-9H2,1-3H3,(H,20,23). The maximum atomic E-state index is 12.8. The van der Waals surface area contributed by atoms with Crippen LogP contribution in [0.3, 0.4) is 0 Å². The molecule has 2 heterocycles. The summed E-state index contributed by atoms with van der Waals surface area (Å²) in [6, 6.07) is 6.90. The van der Waals surface area contributed by atoms with E-state index in [1.165, 1.54) is 18.4 Å². The van der Waals surface area contributed by atoms with Crippen molar-refractivity contribution in [1.82, 2.24) is 14.7 Å². The van der Waals surface area contributed by atoms with Crippen molar-refractivity contribution in [1.29, 1.82) is 0 Å². The van der Waals surface area contributed by atoms with E-state index < -0.39 is 12.0 Å². The fourth-order valence-corrected chi connectivity index (χ4v) is 4.12. The van der Waals surface area contributed by atoms with Gasteiger partial charge in [-0.1, -0.05) is 12.1 Å². The van der Waals surface area contributed by atoms with Gasteiger partial charge >= 0.3 is 5.97 Å². The van der Waals surface area contributed by atoms with E-state index in [-0.39, 0.29) is 5.91 Å². The molecular weight excluding hydrogens is 398 g/mol. The van der Waals surface area contributed by atoms with E-state index in [9.17, 15) is 9.59 Å². The molecule has 3 rings (SSSR count). The smallest absolute Gasteiger partial charge is 0.328 e. The third kappa shape index (κ3) is 4.15. The van der Waals surface area contributed by atoms with Crippen LogP contribution in [-0.2, 0) is 9.53 Å². The molecular formula is C19H21N3O4S2. The lowest BCUT2D eigenvalue weighted by molar-refractivity contribution is -0.142. The SMILES string of the molecule is COC(=O)C(CCSC)NC(=O)c1csc2nc(-c3ccccc3OC)cn12. The number of methoxy groups -OCH3 is 2. The summed E-state index contributed by atoms with van der Waals surface area (Å²) in [6.07, 6.45) is 4.25. The van der Waals surface area contributed by atoms with Crippen molar-refractivity contribution < 1.29 is 19.1 Å². The summed E-state index contributed by atoms with van der Waals surface area (Å²) in [5.74, 6) is 0.658. The topological polar surface area (TPSA) is 81.9 Å². The van der Waals surface area contributed by atoms with E-state index in [1.54, 1.807) is 34.8 Å². The van der Waals surface area contributed by atoms with Gasteiger partial charge in [0.2, 0.25) is 0 Å². The first-order valence-electron chi connectivity index (χ1n) is 8.56. The van der Waals surface area contributed by atoms with Crippen molar-refractivity contribution in [3.05, 3.63) is 41.5 Å². The Bertz CT molecular complexity index is 983. The molecule has 1 unspecified atom stereocenters. The van der Waals surface area contributed by atoms with Gasteiger partial charge in [-0.3, -0.25) is 9.20 Å². The van der Waals surface area contributed by atoms with Gasteiger partial charge in [-0.25, -0.2) is 9.78 Å². The maximum Gasteiger partial charge on any atom is 0.328 e. The third-order valence-corrected chi connectivity index (χ3v) is 5.71. The number of esters is 1. The summed E-state index contributed by atoms with van der Waals surface area (Å²) in [6.45, 7) is 0. The molecule has 0 aliphatic carbocycles. The van der Waals surface area contributed by atoms with Crippen LogP contribution in [0.2, 0.25) is 0 Å². The Morgan fingerprint density at radius 2 is 2.11 bits per heavy atom. The first-order valence-corrected chi connectivity index (χ1v) is 10.8. The van der Waals surface area contributed by atoms with E-state index in [0.717, 1.165) is 11.3 Å². The van der Waals surface area contributed by atoms with Crippen molar-refractivity contribution in [3.63, 3.8) is 0 Å². The van der Waals surface area contributed by atoms with Crippen molar-refractivity contribution in [2.75, 3.05) is 26.2 Å². The zero-order valence-electron chi connectivity index (χ0n) is 15.8. The van der Waals surface area contributed by atoms with Crippen LogP contribution in [0.25, 0.3) is 16.2 Å². The molecule has 7 nitrogen and oxygen atoms in total. The normalized spacial score (nSPS) is 12.0. The first kappa shape index (κ1) is 20.2. The summed E-state index contributed by atoms with van der Waals surface area (Å²) < 4.78 is 11.9. The lowest BCUT2D eigenvalue weighted by Crippen LogP contribution is -2.42. The number of carbonyl (C=O) groups is 2. The van der Waals surface area contributed by atoms with Crippen LogP contribution >= 0.6 is 23.1 Å². The van der Waals surface area contributed by atoms with Crippen LogP contribution in [0.1, 0.15) is 16.9 Å². The fraction of sp³-hybridized carbons (Fsp3) is 0.316. The number of rotatable bonds is 8. The van der Waals surface area contributed by atoms with Crippen LogP contribution in [0.5, 0.6) is 5.75 Å². The monoisotopic (exact) mass is 419 g/mol. The molecule has 9 heteroatoms. The highest BCUT2D eigenvalue weighted by Crippen LogP contribution is 2.30. The minimum Gasteiger partial charge on any atom is -0.496 e. The number of thiazole rings is 1. The number of aromatic nitrogens is 2. The molecule has 148 valence electrons. The molecule has 0 saturated heterocycles. The van der Waals surface area contributed by atoms with Gasteiger partial charge in [0.15, 0.2) is 4.96 Å². The number of nitrogens with one attached hydrogen (secondary N) is 1. The van der Waals surface area contributed by atoms with E-state index in [2.05, 4.69) is 10.3 Å². The Morgan fingerprint density at radius 1 is 1.32 bits per heavy atom. The fourth-order valence-electron chi connectivity index (χ4n) is 2.79. The second-order valence-corrected chi connectivity index (χ2v) is 7.75. The van der Waals surface area contributed by atoms with Gasteiger partial charge < -0.3 is 14.8 Å². The predicted molar refractivity (Wildman–Crippen MR) is 111 cm³/mol. The lowest BCUT2D eigenvalue weighted by atomic mass is 10.1. The molecule has 0 bridgehead atoms. The summed E-state index contributed by atoms with van der Waals surface area (Å²) in [7, 11) is 2.93. The Labute approximate surface area is 171 Å². The third-order valence-electron chi connectivity index (χ3n) is 4.23. The number of para-hydroxylation sites is 1. The van der Waals surface area contributed by atoms with Gasteiger partial charge in [0.25, 0.3) is 5.91 Å². The summed E-state index contributed by atoms with van der Waals surface area (Å²) in [5, 5.41) is 4.50. The highest BCUT2D eigenvalue weighted by atomic mass is 32.2. The summed E-state index contributed by atoms with van der Waals surface area (Å²) >= 11 is 2.97. The van der Waals surface area contributed by atoms with Crippen LogP contribution in [0.4, 0.5) is 0 Å². The van der Waals surface area contributed by atoms with Crippen LogP contribution in [-0.4, -0.2) is 53.5 Å². The Balaban J connectivity index is 1.88. The number of ether oxygens (including phenoxy) is 2. The molecule has 0 aliphatic heterocycles. The molecule has 0 spiro atoms. The van der Waals surface area contributed by atoms with Crippen molar-refractivity contribution in [3.8, 4) is 17.0 Å². The average Bonchev–Trinajstić information content (AvgIpc) is 3.31.